The summed E-state index contributed by atoms with van der Waals surface area (Å²) in [4.78, 5) is 4.64. The summed E-state index contributed by atoms with van der Waals surface area (Å²) in [6.07, 6.45) is 0. The number of para-hydroxylation sites is 2. The van der Waals surface area contributed by atoms with Crippen molar-refractivity contribution in [3.8, 4) is 16.3 Å². The number of thiazole rings is 1. The Morgan fingerprint density at radius 1 is 1.00 bits per heavy atom. The van der Waals surface area contributed by atoms with Crippen molar-refractivity contribution < 1.29 is 3.53 Å². The predicted octanol–water partition coefficient (Wildman–Crippen LogP) is 3.43. The third-order valence-electron chi connectivity index (χ3n) is 2.54. The van der Waals surface area contributed by atoms with Crippen LogP contribution >= 0.6 is 11.3 Å². The van der Waals surface area contributed by atoms with Crippen LogP contribution in [0.1, 0.15) is 0 Å². The molecule has 2 radical (unpaired) electrons. The summed E-state index contributed by atoms with van der Waals surface area (Å²) >= 11 is 2.94. The van der Waals surface area contributed by atoms with Crippen LogP contribution in [0.5, 0.6) is 5.75 Å². The molecule has 3 aromatic rings. The Balaban J connectivity index is 2.20. The van der Waals surface area contributed by atoms with Crippen molar-refractivity contribution in [1.82, 2.24) is 4.98 Å². The quantitative estimate of drug-likeness (QED) is 0.676. The number of aromatic nitrogens is 1. The van der Waals surface area contributed by atoms with E-state index in [1.807, 2.05) is 42.5 Å². The molecule has 1 aromatic heterocycles. The van der Waals surface area contributed by atoms with E-state index in [1.165, 1.54) is 23.7 Å². The molecule has 2 aromatic carbocycles. The van der Waals surface area contributed by atoms with Gasteiger partial charge in [0.25, 0.3) is 0 Å². The number of nitrogens with zero attached hydrogens (tertiary/aromatic N) is 1. The van der Waals surface area contributed by atoms with Crippen LogP contribution < -0.4 is 3.53 Å². The van der Waals surface area contributed by atoms with E-state index in [0.717, 1.165) is 21.8 Å². The molecule has 0 saturated heterocycles. The molecule has 4 heteroatoms. The average molecular weight is 296 g/mol. The minimum atomic E-state index is 0.895. The summed E-state index contributed by atoms with van der Waals surface area (Å²) in [5.41, 5.74) is 2.11. The first kappa shape index (κ1) is 10.9. The van der Waals surface area contributed by atoms with E-state index in [0.29, 0.717) is 0 Å². The Bertz CT molecular complexity index is 632. The van der Waals surface area contributed by atoms with Crippen molar-refractivity contribution in [3.63, 3.8) is 0 Å². The van der Waals surface area contributed by atoms with Crippen LogP contribution in [0.15, 0.2) is 48.5 Å². The van der Waals surface area contributed by atoms with Gasteiger partial charge in [0, 0.05) is 0 Å². The summed E-state index contributed by atoms with van der Waals surface area (Å²) < 4.78 is 6.63. The number of hydrogen-bond donors (Lipinski definition) is 0. The van der Waals surface area contributed by atoms with Crippen molar-refractivity contribution in [2.24, 2.45) is 0 Å². The summed E-state index contributed by atoms with van der Waals surface area (Å²) in [5, 5.41) is 1.01. The van der Waals surface area contributed by atoms with Crippen molar-refractivity contribution >= 4 is 40.5 Å². The molecule has 3 rings (SSSR count). The molecular formula is C13H8GaNOS. The Morgan fingerprint density at radius 3 is 2.59 bits per heavy atom. The van der Waals surface area contributed by atoms with E-state index in [9.17, 15) is 0 Å². The van der Waals surface area contributed by atoms with E-state index < -0.39 is 0 Å². The van der Waals surface area contributed by atoms with E-state index in [4.69, 9.17) is 3.53 Å². The molecule has 0 spiro atoms. The average Bonchev–Trinajstić information content (AvgIpc) is 2.82. The van der Waals surface area contributed by atoms with Crippen molar-refractivity contribution in [3.05, 3.63) is 48.5 Å². The van der Waals surface area contributed by atoms with Gasteiger partial charge in [-0.25, -0.2) is 0 Å². The fraction of sp³-hybridized carbons (Fsp3) is 0. The van der Waals surface area contributed by atoms with Crippen LogP contribution in [0.4, 0.5) is 0 Å². The van der Waals surface area contributed by atoms with Gasteiger partial charge in [0.2, 0.25) is 0 Å². The van der Waals surface area contributed by atoms with Gasteiger partial charge >= 0.3 is 114 Å². The van der Waals surface area contributed by atoms with E-state index in [-0.39, 0.29) is 0 Å². The van der Waals surface area contributed by atoms with E-state index >= 15 is 0 Å². The first-order chi connectivity index (χ1) is 8.38. The number of rotatable bonds is 2. The predicted molar refractivity (Wildman–Crippen MR) is 71.4 cm³/mol. The molecule has 0 bridgehead atoms. The zero-order valence-electron chi connectivity index (χ0n) is 8.96. The van der Waals surface area contributed by atoms with Gasteiger partial charge in [-0.1, -0.05) is 0 Å². The Hall–Kier alpha value is -1.23. The van der Waals surface area contributed by atoms with Crippen molar-refractivity contribution in [2.45, 2.75) is 0 Å². The van der Waals surface area contributed by atoms with Crippen LogP contribution in [-0.4, -0.2) is 23.9 Å². The van der Waals surface area contributed by atoms with Crippen LogP contribution in [0.25, 0.3) is 20.8 Å². The van der Waals surface area contributed by atoms with Gasteiger partial charge in [-0.3, -0.25) is 0 Å². The van der Waals surface area contributed by atoms with Gasteiger partial charge in [0.05, 0.1) is 0 Å². The normalized spacial score (nSPS) is 10.6. The Kier molecular flexibility index (Phi) is 2.92. The molecule has 0 aliphatic rings. The molecule has 1 heterocycles. The van der Waals surface area contributed by atoms with Crippen LogP contribution in [0, 0.1) is 0 Å². The fourth-order valence-corrected chi connectivity index (χ4v) is 3.16. The van der Waals surface area contributed by atoms with Gasteiger partial charge in [-0.2, -0.15) is 0 Å². The summed E-state index contributed by atoms with van der Waals surface area (Å²) in [6.45, 7) is 0. The summed E-state index contributed by atoms with van der Waals surface area (Å²) in [6, 6.07) is 16.2. The van der Waals surface area contributed by atoms with Gasteiger partial charge < -0.3 is 0 Å². The van der Waals surface area contributed by atoms with Crippen LogP contribution in [0.3, 0.4) is 0 Å². The fourth-order valence-electron chi connectivity index (χ4n) is 1.73. The molecule has 0 fully saturated rings. The standard InChI is InChI=1S/C13H9NOS.Ga/c15-11-7-3-1-5-9(11)13-14-10-6-2-4-8-12(10)16-13;/h1-8,15H;/q;+1/p-1. The first-order valence-corrected chi connectivity index (χ1v) is 7.01. The first-order valence-electron chi connectivity index (χ1n) is 5.20. The zero-order chi connectivity index (χ0) is 11.7. The molecule has 0 N–H and O–H groups in total. The van der Waals surface area contributed by atoms with Gasteiger partial charge in [0.15, 0.2) is 0 Å². The molecule has 17 heavy (non-hydrogen) atoms. The Labute approximate surface area is 114 Å². The topological polar surface area (TPSA) is 22.1 Å². The Morgan fingerprint density at radius 2 is 1.76 bits per heavy atom. The molecule has 0 aliphatic carbocycles. The molecule has 0 aliphatic heterocycles. The second-order valence-electron chi connectivity index (χ2n) is 3.60. The number of fused-ring (bicyclic) bond motifs is 1. The monoisotopic (exact) mass is 295 g/mol. The van der Waals surface area contributed by atoms with Crippen molar-refractivity contribution in [1.29, 1.82) is 0 Å². The third kappa shape index (κ3) is 1.99. The van der Waals surface area contributed by atoms with Gasteiger partial charge in [-0.15, -0.1) is 0 Å². The summed E-state index contributed by atoms with van der Waals surface area (Å²) in [5.74, 6) is 0.895. The molecule has 0 atom stereocenters. The second kappa shape index (κ2) is 4.56. The van der Waals surface area contributed by atoms with E-state index in [2.05, 4.69) is 11.1 Å². The molecule has 0 saturated carbocycles. The van der Waals surface area contributed by atoms with Gasteiger partial charge in [0.1, 0.15) is 0 Å². The molecule has 80 valence electrons. The van der Waals surface area contributed by atoms with Crippen molar-refractivity contribution in [2.75, 3.05) is 0 Å². The maximum absolute atomic E-state index is 5.42. The van der Waals surface area contributed by atoms with Crippen LogP contribution in [-0.2, 0) is 0 Å². The molecule has 0 unspecified atom stereocenters. The van der Waals surface area contributed by atoms with Crippen LogP contribution in [0.2, 0.25) is 0 Å². The second-order valence-corrected chi connectivity index (χ2v) is 5.13. The molecular weight excluding hydrogens is 288 g/mol. The van der Waals surface area contributed by atoms with E-state index in [1.54, 1.807) is 11.3 Å². The summed E-state index contributed by atoms with van der Waals surface area (Å²) in [7, 11) is 0. The SMILES string of the molecule is [Ga][O]c1ccccc1-c1nc2ccccc2s1. The zero-order valence-corrected chi connectivity index (χ0v) is 12.2. The number of benzene rings is 2. The minimum absolute atomic E-state index is 0.895. The third-order valence-corrected chi connectivity index (χ3v) is 4.14. The molecule has 2 nitrogen and oxygen atoms in total. The van der Waals surface area contributed by atoms with Gasteiger partial charge in [-0.05, 0) is 0 Å². The maximum atomic E-state index is 5.42. The molecule has 0 amide bonds. The number of hydrogen-bond acceptors (Lipinski definition) is 3.